The zero-order valence-corrected chi connectivity index (χ0v) is 12.2. The first kappa shape index (κ1) is 14.0. The van der Waals surface area contributed by atoms with Crippen LogP contribution in [0.1, 0.15) is 10.4 Å². The molecule has 0 atom stereocenters. The van der Waals surface area contributed by atoms with E-state index in [0.717, 1.165) is 13.0 Å². The van der Waals surface area contributed by atoms with Gasteiger partial charge in [0.25, 0.3) is 0 Å². The molecule has 2 N–H and O–H groups in total. The van der Waals surface area contributed by atoms with Gasteiger partial charge in [-0.3, -0.25) is 0 Å². The van der Waals surface area contributed by atoms with Crippen LogP contribution >= 0.6 is 23.6 Å². The van der Waals surface area contributed by atoms with Crippen LogP contribution in [0.4, 0.5) is 10.1 Å². The number of thiocarbonyl (C=S) groups is 1. The third kappa shape index (κ3) is 3.52. The van der Waals surface area contributed by atoms with Crippen molar-refractivity contribution in [3.8, 4) is 0 Å². The molecule has 0 saturated carbocycles. The quantitative estimate of drug-likeness (QED) is 0.859. The molecule has 0 bridgehead atoms. The van der Waals surface area contributed by atoms with E-state index in [9.17, 15) is 4.39 Å². The van der Waals surface area contributed by atoms with E-state index in [1.807, 2.05) is 23.4 Å². The Kier molecular flexibility index (Phi) is 4.50. The highest BCUT2D eigenvalue weighted by Crippen LogP contribution is 2.20. The molecule has 5 heteroatoms. The lowest BCUT2D eigenvalue weighted by atomic mass is 10.2. The topological polar surface area (TPSA) is 29.3 Å². The first-order valence-corrected chi connectivity index (χ1v) is 7.19. The molecule has 0 aliphatic carbocycles. The van der Waals surface area contributed by atoms with Gasteiger partial charge in [-0.1, -0.05) is 18.3 Å². The Morgan fingerprint density at radius 2 is 2.21 bits per heavy atom. The summed E-state index contributed by atoms with van der Waals surface area (Å²) in [6, 6.07) is 8.97. The zero-order valence-electron chi connectivity index (χ0n) is 10.6. The molecule has 0 spiro atoms. The van der Waals surface area contributed by atoms with Crippen molar-refractivity contribution in [2.75, 3.05) is 18.5 Å². The molecule has 2 aromatic rings. The maximum absolute atomic E-state index is 14.0. The molecule has 1 aromatic carbocycles. The van der Waals surface area contributed by atoms with Gasteiger partial charge < -0.3 is 10.6 Å². The fourth-order valence-corrected chi connectivity index (χ4v) is 2.65. The first-order valence-electron chi connectivity index (χ1n) is 5.91. The van der Waals surface area contributed by atoms with Gasteiger partial charge in [0, 0.05) is 24.0 Å². The minimum atomic E-state index is -0.293. The molecule has 1 aromatic heterocycles. The van der Waals surface area contributed by atoms with E-state index in [1.54, 1.807) is 23.5 Å². The molecule has 0 fully saturated rings. The van der Waals surface area contributed by atoms with Crippen LogP contribution in [0.2, 0.25) is 0 Å². The lowest BCUT2D eigenvalue weighted by Gasteiger charge is -2.20. The van der Waals surface area contributed by atoms with Gasteiger partial charge in [-0.2, -0.15) is 0 Å². The van der Waals surface area contributed by atoms with Crippen LogP contribution < -0.4 is 10.6 Å². The lowest BCUT2D eigenvalue weighted by Crippen LogP contribution is -2.21. The maximum Gasteiger partial charge on any atom is 0.147 e. The second-order valence-corrected chi connectivity index (χ2v) is 5.75. The monoisotopic (exact) mass is 294 g/mol. The SMILES string of the molecule is CN(CCc1cccs1)c1ccc(C(N)=S)cc1F. The van der Waals surface area contributed by atoms with Crippen LogP contribution in [0.25, 0.3) is 0 Å². The van der Waals surface area contributed by atoms with Crippen molar-refractivity contribution >= 4 is 34.2 Å². The minimum Gasteiger partial charge on any atom is -0.389 e. The number of benzene rings is 1. The van der Waals surface area contributed by atoms with Crippen LogP contribution in [-0.4, -0.2) is 18.6 Å². The van der Waals surface area contributed by atoms with E-state index in [2.05, 4.69) is 6.07 Å². The van der Waals surface area contributed by atoms with Gasteiger partial charge in [-0.25, -0.2) is 4.39 Å². The maximum atomic E-state index is 14.0. The number of anilines is 1. The van der Waals surface area contributed by atoms with Crippen LogP contribution in [0, 0.1) is 5.82 Å². The smallest absolute Gasteiger partial charge is 0.147 e. The fraction of sp³-hybridized carbons (Fsp3) is 0.214. The molecule has 0 aliphatic heterocycles. The number of rotatable bonds is 5. The number of nitrogens with two attached hydrogens (primary N) is 1. The summed E-state index contributed by atoms with van der Waals surface area (Å²) in [5, 5.41) is 2.05. The number of hydrogen-bond donors (Lipinski definition) is 1. The van der Waals surface area contributed by atoms with Crippen LogP contribution in [0.3, 0.4) is 0 Å². The van der Waals surface area contributed by atoms with Gasteiger partial charge in [-0.05, 0) is 36.1 Å². The molecule has 0 saturated heterocycles. The van der Waals surface area contributed by atoms with Crippen molar-refractivity contribution in [3.63, 3.8) is 0 Å². The summed E-state index contributed by atoms with van der Waals surface area (Å²) in [6.45, 7) is 0.768. The van der Waals surface area contributed by atoms with Crippen molar-refractivity contribution in [2.24, 2.45) is 5.73 Å². The van der Waals surface area contributed by atoms with E-state index in [1.165, 1.54) is 10.9 Å². The second-order valence-electron chi connectivity index (χ2n) is 4.28. The standard InChI is InChI=1S/C14H15FN2S2/c1-17(7-6-11-3-2-8-19-11)13-5-4-10(14(16)18)9-12(13)15/h2-5,8-9H,6-7H2,1H3,(H2,16,18). The normalized spacial score (nSPS) is 10.4. The van der Waals surface area contributed by atoms with E-state index < -0.39 is 0 Å². The Bertz CT molecular complexity index is 567. The Balaban J connectivity index is 2.06. The van der Waals surface area contributed by atoms with Crippen molar-refractivity contribution in [1.82, 2.24) is 0 Å². The molecule has 2 nitrogen and oxygen atoms in total. The van der Waals surface area contributed by atoms with Crippen molar-refractivity contribution in [2.45, 2.75) is 6.42 Å². The summed E-state index contributed by atoms with van der Waals surface area (Å²) in [6.07, 6.45) is 0.907. The number of likely N-dealkylation sites (N-methyl/N-ethyl adjacent to an activating group) is 1. The van der Waals surface area contributed by atoms with Crippen LogP contribution in [0.5, 0.6) is 0 Å². The Morgan fingerprint density at radius 1 is 1.42 bits per heavy atom. The molecule has 0 radical (unpaired) electrons. The minimum absolute atomic E-state index is 0.215. The van der Waals surface area contributed by atoms with Gasteiger partial charge in [-0.15, -0.1) is 11.3 Å². The number of thiophene rings is 1. The van der Waals surface area contributed by atoms with Gasteiger partial charge in [0.15, 0.2) is 0 Å². The number of halogens is 1. The van der Waals surface area contributed by atoms with Gasteiger partial charge in [0.05, 0.1) is 5.69 Å². The second kappa shape index (κ2) is 6.12. The molecule has 100 valence electrons. The summed E-state index contributed by atoms with van der Waals surface area (Å²) >= 11 is 6.55. The molecular formula is C14H15FN2S2. The summed E-state index contributed by atoms with van der Waals surface area (Å²) in [7, 11) is 1.88. The van der Waals surface area contributed by atoms with Crippen molar-refractivity contribution in [1.29, 1.82) is 0 Å². The molecule has 0 unspecified atom stereocenters. The highest BCUT2D eigenvalue weighted by Gasteiger charge is 2.09. The van der Waals surface area contributed by atoms with Crippen LogP contribution in [0.15, 0.2) is 35.7 Å². The molecule has 19 heavy (non-hydrogen) atoms. The molecule has 0 amide bonds. The summed E-state index contributed by atoms with van der Waals surface area (Å²) < 4.78 is 14.0. The Labute approximate surface area is 121 Å². The van der Waals surface area contributed by atoms with Gasteiger partial charge >= 0.3 is 0 Å². The van der Waals surface area contributed by atoms with E-state index in [4.69, 9.17) is 18.0 Å². The predicted octanol–water partition coefficient (Wildman–Crippen LogP) is 3.20. The first-order chi connectivity index (χ1) is 9.08. The number of hydrogen-bond acceptors (Lipinski definition) is 3. The molecule has 0 aliphatic rings. The molecular weight excluding hydrogens is 279 g/mol. The highest BCUT2D eigenvalue weighted by molar-refractivity contribution is 7.80. The fourth-order valence-electron chi connectivity index (χ4n) is 1.82. The van der Waals surface area contributed by atoms with E-state index >= 15 is 0 Å². The van der Waals surface area contributed by atoms with Crippen molar-refractivity contribution in [3.05, 3.63) is 52.0 Å². The Hall–Kier alpha value is -1.46. The largest absolute Gasteiger partial charge is 0.389 e. The van der Waals surface area contributed by atoms with E-state index in [0.29, 0.717) is 11.3 Å². The van der Waals surface area contributed by atoms with Gasteiger partial charge in [0.1, 0.15) is 10.8 Å². The van der Waals surface area contributed by atoms with Crippen molar-refractivity contribution < 1.29 is 4.39 Å². The average molecular weight is 294 g/mol. The zero-order chi connectivity index (χ0) is 13.8. The van der Waals surface area contributed by atoms with E-state index in [-0.39, 0.29) is 10.8 Å². The average Bonchev–Trinajstić information content (AvgIpc) is 2.88. The lowest BCUT2D eigenvalue weighted by molar-refractivity contribution is 0.622. The summed E-state index contributed by atoms with van der Waals surface area (Å²) in [4.78, 5) is 3.41. The third-order valence-corrected chi connectivity index (χ3v) is 4.09. The molecule has 1 heterocycles. The summed E-state index contributed by atoms with van der Waals surface area (Å²) in [5.41, 5.74) is 6.61. The number of nitrogens with zero attached hydrogens (tertiary/aromatic N) is 1. The highest BCUT2D eigenvalue weighted by atomic mass is 32.1. The molecule has 2 rings (SSSR count). The third-order valence-electron chi connectivity index (χ3n) is 2.92. The summed E-state index contributed by atoms with van der Waals surface area (Å²) in [5.74, 6) is -0.293. The van der Waals surface area contributed by atoms with Gasteiger partial charge in [0.2, 0.25) is 0 Å². The Morgan fingerprint density at radius 3 is 2.79 bits per heavy atom. The van der Waals surface area contributed by atoms with Crippen LogP contribution in [-0.2, 0) is 6.42 Å². The predicted molar refractivity (Wildman–Crippen MR) is 83.6 cm³/mol.